The SMILES string of the molecule is CCc1cccc2c(/C(C)=C/C(=O)O)c[nH]c12. The molecule has 0 saturated carbocycles. The topological polar surface area (TPSA) is 53.1 Å². The minimum absolute atomic E-state index is 0.761. The van der Waals surface area contributed by atoms with Gasteiger partial charge in [-0.25, -0.2) is 4.79 Å². The molecule has 2 rings (SSSR count). The third-order valence-corrected chi connectivity index (χ3v) is 2.95. The molecule has 88 valence electrons. The van der Waals surface area contributed by atoms with Crippen LogP contribution in [0, 0.1) is 0 Å². The van der Waals surface area contributed by atoms with Crippen LogP contribution < -0.4 is 0 Å². The molecule has 3 heteroatoms. The molecule has 0 saturated heterocycles. The number of nitrogens with one attached hydrogen (secondary N) is 1. The number of para-hydroxylation sites is 1. The van der Waals surface area contributed by atoms with Crippen molar-refractivity contribution in [1.82, 2.24) is 4.98 Å². The first kappa shape index (κ1) is 11.5. The van der Waals surface area contributed by atoms with Crippen LogP contribution in [0.15, 0.2) is 30.5 Å². The Morgan fingerprint density at radius 1 is 1.47 bits per heavy atom. The van der Waals surface area contributed by atoms with Gasteiger partial charge in [0.2, 0.25) is 0 Å². The smallest absolute Gasteiger partial charge is 0.328 e. The average Bonchev–Trinajstić information content (AvgIpc) is 2.71. The fourth-order valence-electron chi connectivity index (χ4n) is 2.10. The average molecular weight is 229 g/mol. The fraction of sp³-hybridized carbons (Fsp3) is 0.214. The zero-order valence-electron chi connectivity index (χ0n) is 9.95. The maximum absolute atomic E-state index is 10.7. The molecule has 0 aliphatic rings. The number of allylic oxidation sites excluding steroid dienone is 1. The van der Waals surface area contributed by atoms with Crippen LogP contribution in [-0.4, -0.2) is 16.1 Å². The summed E-state index contributed by atoms with van der Waals surface area (Å²) >= 11 is 0. The van der Waals surface area contributed by atoms with Crippen LogP contribution in [0.25, 0.3) is 16.5 Å². The van der Waals surface area contributed by atoms with Gasteiger partial charge in [0.15, 0.2) is 0 Å². The molecule has 3 nitrogen and oxygen atoms in total. The number of H-pyrrole nitrogens is 1. The summed E-state index contributed by atoms with van der Waals surface area (Å²) in [6.45, 7) is 3.92. The summed E-state index contributed by atoms with van der Waals surface area (Å²) in [6, 6.07) is 6.10. The van der Waals surface area contributed by atoms with E-state index in [1.807, 2.05) is 25.3 Å². The molecule has 1 heterocycles. The first-order chi connectivity index (χ1) is 8.13. The number of aromatic amines is 1. The van der Waals surface area contributed by atoms with Crippen molar-refractivity contribution in [2.75, 3.05) is 0 Å². The summed E-state index contributed by atoms with van der Waals surface area (Å²) in [5, 5.41) is 9.85. The van der Waals surface area contributed by atoms with Crippen LogP contribution in [0.3, 0.4) is 0 Å². The van der Waals surface area contributed by atoms with Gasteiger partial charge in [0.05, 0.1) is 0 Å². The van der Waals surface area contributed by atoms with E-state index in [9.17, 15) is 4.79 Å². The fourth-order valence-corrected chi connectivity index (χ4v) is 2.10. The number of carbonyl (C=O) groups is 1. The van der Waals surface area contributed by atoms with Crippen molar-refractivity contribution in [2.24, 2.45) is 0 Å². The molecule has 0 fully saturated rings. The third-order valence-electron chi connectivity index (χ3n) is 2.95. The molecular formula is C14H15NO2. The second-order valence-electron chi connectivity index (χ2n) is 4.06. The van der Waals surface area contributed by atoms with Crippen LogP contribution in [0.1, 0.15) is 25.0 Å². The van der Waals surface area contributed by atoms with Gasteiger partial charge in [-0.1, -0.05) is 25.1 Å². The summed E-state index contributed by atoms with van der Waals surface area (Å²) in [5.74, 6) is -0.913. The molecule has 0 unspecified atom stereocenters. The minimum atomic E-state index is -0.913. The molecule has 1 aromatic heterocycles. The van der Waals surface area contributed by atoms with Gasteiger partial charge >= 0.3 is 5.97 Å². The van der Waals surface area contributed by atoms with Gasteiger partial charge < -0.3 is 10.1 Å². The van der Waals surface area contributed by atoms with Crippen LogP contribution in [0.2, 0.25) is 0 Å². The molecule has 1 aromatic carbocycles. The summed E-state index contributed by atoms with van der Waals surface area (Å²) < 4.78 is 0. The number of carboxylic acids is 1. The number of hydrogen-bond donors (Lipinski definition) is 2. The minimum Gasteiger partial charge on any atom is -0.478 e. The number of fused-ring (bicyclic) bond motifs is 1. The summed E-state index contributed by atoms with van der Waals surface area (Å²) in [6.07, 6.45) is 4.07. The zero-order chi connectivity index (χ0) is 12.4. The van der Waals surface area contributed by atoms with Crippen LogP contribution in [0.5, 0.6) is 0 Å². The molecule has 2 aromatic rings. The largest absolute Gasteiger partial charge is 0.478 e. The first-order valence-electron chi connectivity index (χ1n) is 5.64. The molecule has 0 bridgehead atoms. The maximum atomic E-state index is 10.7. The number of aryl methyl sites for hydroxylation is 1. The van der Waals surface area contributed by atoms with Crippen molar-refractivity contribution in [3.05, 3.63) is 41.6 Å². The summed E-state index contributed by atoms with van der Waals surface area (Å²) in [7, 11) is 0. The molecule has 2 N–H and O–H groups in total. The number of carboxylic acid groups (broad SMARTS) is 1. The highest BCUT2D eigenvalue weighted by atomic mass is 16.4. The predicted octanol–water partition coefficient (Wildman–Crippen LogP) is 3.22. The Kier molecular flexibility index (Phi) is 3.00. The van der Waals surface area contributed by atoms with Gasteiger partial charge in [0, 0.05) is 28.7 Å². The van der Waals surface area contributed by atoms with E-state index in [0.29, 0.717) is 0 Å². The lowest BCUT2D eigenvalue weighted by molar-refractivity contribution is -0.131. The van der Waals surface area contributed by atoms with Crippen LogP contribution in [-0.2, 0) is 11.2 Å². The van der Waals surface area contributed by atoms with Crippen molar-refractivity contribution in [2.45, 2.75) is 20.3 Å². The van der Waals surface area contributed by atoms with Crippen LogP contribution in [0.4, 0.5) is 0 Å². The Bertz CT molecular complexity index is 593. The first-order valence-corrected chi connectivity index (χ1v) is 5.64. The van der Waals surface area contributed by atoms with Crippen molar-refractivity contribution < 1.29 is 9.90 Å². The molecule has 0 amide bonds. The van der Waals surface area contributed by atoms with E-state index in [2.05, 4.69) is 18.0 Å². The Labute approximate surface area is 99.8 Å². The molecule has 0 spiro atoms. The number of aliphatic carboxylic acids is 1. The van der Waals surface area contributed by atoms with Crippen LogP contribution >= 0.6 is 0 Å². The van der Waals surface area contributed by atoms with Crippen molar-refractivity contribution in [1.29, 1.82) is 0 Å². The number of aromatic nitrogens is 1. The number of hydrogen-bond acceptors (Lipinski definition) is 1. The summed E-state index contributed by atoms with van der Waals surface area (Å²) in [4.78, 5) is 13.9. The molecule has 0 aliphatic heterocycles. The van der Waals surface area contributed by atoms with E-state index in [0.717, 1.165) is 28.5 Å². The second-order valence-corrected chi connectivity index (χ2v) is 4.06. The molecule has 0 radical (unpaired) electrons. The van der Waals surface area contributed by atoms with Gasteiger partial charge in [-0.2, -0.15) is 0 Å². The van der Waals surface area contributed by atoms with E-state index in [-0.39, 0.29) is 0 Å². The lowest BCUT2D eigenvalue weighted by atomic mass is 10.0. The summed E-state index contributed by atoms with van der Waals surface area (Å²) in [5.41, 5.74) is 4.06. The normalized spacial score (nSPS) is 12.0. The van der Waals surface area contributed by atoms with E-state index in [4.69, 9.17) is 5.11 Å². The maximum Gasteiger partial charge on any atom is 0.328 e. The lowest BCUT2D eigenvalue weighted by Crippen LogP contribution is -1.89. The number of rotatable bonds is 3. The zero-order valence-corrected chi connectivity index (χ0v) is 9.95. The highest BCUT2D eigenvalue weighted by Gasteiger charge is 2.08. The van der Waals surface area contributed by atoms with Crippen molar-refractivity contribution >= 4 is 22.4 Å². The second kappa shape index (κ2) is 4.45. The Hall–Kier alpha value is -2.03. The molecule has 0 atom stereocenters. The van der Waals surface area contributed by atoms with E-state index in [1.165, 1.54) is 11.6 Å². The van der Waals surface area contributed by atoms with E-state index < -0.39 is 5.97 Å². The van der Waals surface area contributed by atoms with Crippen molar-refractivity contribution in [3.63, 3.8) is 0 Å². The Morgan fingerprint density at radius 2 is 2.24 bits per heavy atom. The third kappa shape index (κ3) is 2.09. The highest BCUT2D eigenvalue weighted by molar-refractivity contribution is 5.98. The monoisotopic (exact) mass is 229 g/mol. The van der Waals surface area contributed by atoms with Gasteiger partial charge in [0.1, 0.15) is 0 Å². The predicted molar refractivity (Wildman–Crippen MR) is 69.0 cm³/mol. The molecule has 17 heavy (non-hydrogen) atoms. The standard InChI is InChI=1S/C14H15NO2/c1-3-10-5-4-6-11-12(8-15-14(10)11)9(2)7-13(16)17/h4-8,15H,3H2,1-2H3,(H,16,17)/b9-7+. The highest BCUT2D eigenvalue weighted by Crippen LogP contribution is 2.27. The molecule has 0 aliphatic carbocycles. The van der Waals surface area contributed by atoms with E-state index in [1.54, 1.807) is 0 Å². The Morgan fingerprint density at radius 3 is 2.88 bits per heavy atom. The van der Waals surface area contributed by atoms with Gasteiger partial charge in [0.25, 0.3) is 0 Å². The lowest BCUT2D eigenvalue weighted by Gasteiger charge is -2.01. The Balaban J connectivity index is 2.61. The molecular weight excluding hydrogens is 214 g/mol. The quantitative estimate of drug-likeness (QED) is 0.794. The van der Waals surface area contributed by atoms with Gasteiger partial charge in [-0.15, -0.1) is 0 Å². The van der Waals surface area contributed by atoms with Gasteiger partial charge in [-0.3, -0.25) is 0 Å². The van der Waals surface area contributed by atoms with Crippen molar-refractivity contribution in [3.8, 4) is 0 Å². The van der Waals surface area contributed by atoms with Gasteiger partial charge in [-0.05, 0) is 24.5 Å². The van der Waals surface area contributed by atoms with E-state index >= 15 is 0 Å². The number of benzene rings is 1.